The van der Waals surface area contributed by atoms with Crippen molar-refractivity contribution in [1.82, 2.24) is 4.90 Å². The summed E-state index contributed by atoms with van der Waals surface area (Å²) in [5.41, 5.74) is 0.515. The Balaban J connectivity index is 2.18. The van der Waals surface area contributed by atoms with Crippen molar-refractivity contribution in [3.8, 4) is 0 Å². The minimum atomic E-state index is -0.530. The van der Waals surface area contributed by atoms with E-state index >= 15 is 0 Å². The van der Waals surface area contributed by atoms with E-state index in [1.54, 1.807) is 4.90 Å². The molecule has 1 aliphatic heterocycles. The molecule has 1 fully saturated rings. The van der Waals surface area contributed by atoms with Crippen LogP contribution in [0.25, 0.3) is 0 Å². The van der Waals surface area contributed by atoms with Crippen LogP contribution in [0.3, 0.4) is 0 Å². The van der Waals surface area contributed by atoms with Crippen molar-refractivity contribution in [3.63, 3.8) is 0 Å². The SMILES string of the molecule is CCOC(=O)[C@H]1CCN(C(=O)OC(C)(C)C)C[C@@H]1c1ccccc1. The van der Waals surface area contributed by atoms with Crippen molar-refractivity contribution in [1.29, 1.82) is 0 Å². The van der Waals surface area contributed by atoms with E-state index < -0.39 is 5.60 Å². The van der Waals surface area contributed by atoms with Crippen LogP contribution in [-0.4, -0.2) is 42.3 Å². The number of esters is 1. The Hall–Kier alpha value is -2.04. The highest BCUT2D eigenvalue weighted by Gasteiger charge is 2.38. The first-order valence-corrected chi connectivity index (χ1v) is 8.51. The fourth-order valence-electron chi connectivity index (χ4n) is 3.01. The second kappa shape index (κ2) is 7.69. The van der Waals surface area contributed by atoms with Crippen LogP contribution in [0.1, 0.15) is 45.6 Å². The van der Waals surface area contributed by atoms with Gasteiger partial charge in [-0.15, -0.1) is 0 Å². The van der Waals surface area contributed by atoms with Crippen LogP contribution >= 0.6 is 0 Å². The Kier molecular flexibility index (Phi) is 5.86. The van der Waals surface area contributed by atoms with Gasteiger partial charge in [0.25, 0.3) is 0 Å². The van der Waals surface area contributed by atoms with Gasteiger partial charge >= 0.3 is 12.1 Å². The van der Waals surface area contributed by atoms with Crippen molar-refractivity contribution in [2.45, 2.75) is 45.6 Å². The number of hydrogen-bond donors (Lipinski definition) is 0. The van der Waals surface area contributed by atoms with Gasteiger partial charge in [0.2, 0.25) is 0 Å². The number of benzene rings is 1. The van der Waals surface area contributed by atoms with Crippen molar-refractivity contribution >= 4 is 12.1 Å². The molecule has 1 aromatic rings. The Morgan fingerprint density at radius 2 is 1.88 bits per heavy atom. The average Bonchev–Trinajstić information content (AvgIpc) is 2.54. The third-order valence-electron chi connectivity index (χ3n) is 4.08. The summed E-state index contributed by atoms with van der Waals surface area (Å²) >= 11 is 0. The van der Waals surface area contributed by atoms with E-state index in [-0.39, 0.29) is 23.9 Å². The second-order valence-corrected chi connectivity index (χ2v) is 7.09. The lowest BCUT2D eigenvalue weighted by Crippen LogP contribution is -2.47. The minimum Gasteiger partial charge on any atom is -0.466 e. The number of amides is 1. The molecule has 0 spiro atoms. The summed E-state index contributed by atoms with van der Waals surface area (Å²) in [6, 6.07) is 9.83. The molecule has 0 radical (unpaired) electrons. The van der Waals surface area contributed by atoms with Gasteiger partial charge in [0.1, 0.15) is 5.60 Å². The quantitative estimate of drug-likeness (QED) is 0.793. The van der Waals surface area contributed by atoms with Gasteiger partial charge in [0.15, 0.2) is 0 Å². The molecule has 1 aromatic carbocycles. The lowest BCUT2D eigenvalue weighted by molar-refractivity contribution is -0.150. The number of carbonyl (C=O) groups excluding carboxylic acids is 2. The summed E-state index contributed by atoms with van der Waals surface area (Å²) in [5, 5.41) is 0. The molecule has 5 nitrogen and oxygen atoms in total. The van der Waals surface area contributed by atoms with Crippen molar-refractivity contribution < 1.29 is 19.1 Å². The Morgan fingerprint density at radius 3 is 2.46 bits per heavy atom. The summed E-state index contributed by atoms with van der Waals surface area (Å²) in [7, 11) is 0. The number of nitrogens with zero attached hydrogens (tertiary/aromatic N) is 1. The number of rotatable bonds is 3. The molecule has 2 atom stereocenters. The van der Waals surface area contributed by atoms with Crippen LogP contribution in [0, 0.1) is 5.92 Å². The van der Waals surface area contributed by atoms with Crippen molar-refractivity contribution in [2.24, 2.45) is 5.92 Å². The zero-order valence-electron chi connectivity index (χ0n) is 15.0. The molecule has 1 heterocycles. The molecule has 0 aliphatic carbocycles. The summed E-state index contributed by atoms with van der Waals surface area (Å²) in [6.07, 6.45) is 0.253. The van der Waals surface area contributed by atoms with Gasteiger partial charge in [-0.3, -0.25) is 4.79 Å². The van der Waals surface area contributed by atoms with Gasteiger partial charge in [-0.1, -0.05) is 30.3 Å². The standard InChI is InChI=1S/C19H27NO4/c1-5-23-17(21)15-11-12-20(18(22)24-19(2,3)4)13-16(15)14-9-7-6-8-10-14/h6-10,15-16H,5,11-13H2,1-4H3/t15-,16+/m0/s1. The lowest BCUT2D eigenvalue weighted by atomic mass is 9.81. The van der Waals surface area contributed by atoms with E-state index in [0.717, 1.165) is 5.56 Å². The Labute approximate surface area is 143 Å². The van der Waals surface area contributed by atoms with Crippen molar-refractivity contribution in [2.75, 3.05) is 19.7 Å². The van der Waals surface area contributed by atoms with Crippen LogP contribution in [0.5, 0.6) is 0 Å². The molecule has 5 heteroatoms. The molecule has 0 aromatic heterocycles. The highest BCUT2D eigenvalue weighted by Crippen LogP contribution is 2.34. The van der Waals surface area contributed by atoms with E-state index in [0.29, 0.717) is 26.1 Å². The van der Waals surface area contributed by atoms with Gasteiger partial charge in [-0.05, 0) is 39.7 Å². The van der Waals surface area contributed by atoms with Gasteiger partial charge in [0.05, 0.1) is 12.5 Å². The highest BCUT2D eigenvalue weighted by molar-refractivity contribution is 5.75. The Bertz CT molecular complexity index is 564. The Morgan fingerprint density at radius 1 is 1.21 bits per heavy atom. The normalized spacial score (nSPS) is 21.2. The fourth-order valence-corrected chi connectivity index (χ4v) is 3.01. The maximum Gasteiger partial charge on any atom is 0.410 e. The maximum absolute atomic E-state index is 12.4. The van der Waals surface area contributed by atoms with Crippen LogP contribution in [0.4, 0.5) is 4.79 Å². The maximum atomic E-state index is 12.4. The molecule has 1 amide bonds. The summed E-state index contributed by atoms with van der Waals surface area (Å²) in [6.45, 7) is 8.70. The fraction of sp³-hybridized carbons (Fsp3) is 0.579. The van der Waals surface area contributed by atoms with E-state index in [2.05, 4.69) is 0 Å². The lowest BCUT2D eigenvalue weighted by Gasteiger charge is -2.38. The van der Waals surface area contributed by atoms with Crippen LogP contribution < -0.4 is 0 Å². The van der Waals surface area contributed by atoms with E-state index in [1.165, 1.54) is 0 Å². The number of piperidine rings is 1. The first kappa shape index (κ1) is 18.3. The smallest absolute Gasteiger partial charge is 0.410 e. The zero-order chi connectivity index (χ0) is 17.7. The van der Waals surface area contributed by atoms with Gasteiger partial charge in [-0.25, -0.2) is 4.79 Å². The molecule has 2 rings (SSSR count). The summed E-state index contributed by atoms with van der Waals surface area (Å²) in [5.74, 6) is -0.493. The molecule has 0 saturated carbocycles. The third kappa shape index (κ3) is 4.73. The molecule has 132 valence electrons. The third-order valence-corrected chi connectivity index (χ3v) is 4.08. The van der Waals surface area contributed by atoms with Crippen LogP contribution in [0.15, 0.2) is 30.3 Å². The molecule has 0 N–H and O–H groups in total. The molecular formula is C19H27NO4. The van der Waals surface area contributed by atoms with E-state index in [1.807, 2.05) is 58.0 Å². The van der Waals surface area contributed by atoms with Gasteiger partial charge in [0, 0.05) is 19.0 Å². The number of hydrogen-bond acceptors (Lipinski definition) is 4. The van der Waals surface area contributed by atoms with E-state index in [9.17, 15) is 9.59 Å². The molecule has 1 aliphatic rings. The number of ether oxygens (including phenoxy) is 2. The highest BCUT2D eigenvalue weighted by atomic mass is 16.6. The second-order valence-electron chi connectivity index (χ2n) is 7.09. The zero-order valence-corrected chi connectivity index (χ0v) is 15.0. The summed E-state index contributed by atoms with van der Waals surface area (Å²) < 4.78 is 10.7. The largest absolute Gasteiger partial charge is 0.466 e. The minimum absolute atomic E-state index is 0.0773. The molecule has 0 unspecified atom stereocenters. The first-order chi connectivity index (χ1) is 11.3. The first-order valence-electron chi connectivity index (χ1n) is 8.51. The molecule has 24 heavy (non-hydrogen) atoms. The topological polar surface area (TPSA) is 55.8 Å². The van der Waals surface area contributed by atoms with Crippen molar-refractivity contribution in [3.05, 3.63) is 35.9 Å². The predicted molar refractivity (Wildman–Crippen MR) is 91.7 cm³/mol. The van der Waals surface area contributed by atoms with Crippen LogP contribution in [-0.2, 0) is 14.3 Å². The van der Waals surface area contributed by atoms with E-state index in [4.69, 9.17) is 9.47 Å². The average molecular weight is 333 g/mol. The monoisotopic (exact) mass is 333 g/mol. The predicted octanol–water partition coefficient (Wildman–Crippen LogP) is 3.59. The number of likely N-dealkylation sites (tertiary alicyclic amines) is 1. The summed E-state index contributed by atoms with van der Waals surface area (Å²) in [4.78, 5) is 26.4. The molecule has 1 saturated heterocycles. The number of carbonyl (C=O) groups is 2. The molecular weight excluding hydrogens is 306 g/mol. The van der Waals surface area contributed by atoms with Gasteiger partial charge < -0.3 is 14.4 Å². The van der Waals surface area contributed by atoms with Gasteiger partial charge in [-0.2, -0.15) is 0 Å². The van der Waals surface area contributed by atoms with Crippen LogP contribution in [0.2, 0.25) is 0 Å². The molecule has 0 bridgehead atoms.